The van der Waals surface area contributed by atoms with Crippen molar-refractivity contribution >= 4 is 5.78 Å². The summed E-state index contributed by atoms with van der Waals surface area (Å²) in [6, 6.07) is 17.3. The number of carbonyl (C=O) groups excluding carboxylic acids is 1. The summed E-state index contributed by atoms with van der Waals surface area (Å²) < 4.78 is 0. The van der Waals surface area contributed by atoms with E-state index < -0.39 is 0 Å². The molecule has 3 rings (SSSR count). The van der Waals surface area contributed by atoms with Crippen LogP contribution in [0, 0.1) is 0 Å². The molecule has 0 aliphatic carbocycles. The van der Waals surface area contributed by atoms with Gasteiger partial charge in [-0.15, -0.1) is 0 Å². The van der Waals surface area contributed by atoms with E-state index in [2.05, 4.69) is 18.7 Å². The number of piperidine rings is 1. The topological polar surface area (TPSA) is 40.5 Å². The minimum absolute atomic E-state index is 0.0110. The van der Waals surface area contributed by atoms with Crippen LogP contribution in [-0.4, -0.2) is 34.9 Å². The number of benzene rings is 2. The van der Waals surface area contributed by atoms with Crippen molar-refractivity contribution in [2.75, 3.05) is 13.1 Å². The molecule has 3 heteroatoms. The summed E-state index contributed by atoms with van der Waals surface area (Å²) in [5.74, 6) is 0.472. The lowest BCUT2D eigenvalue weighted by Gasteiger charge is -2.47. The first kappa shape index (κ1) is 16.7. The van der Waals surface area contributed by atoms with Gasteiger partial charge in [0.05, 0.1) is 6.54 Å². The Morgan fingerprint density at radius 1 is 1.17 bits per heavy atom. The zero-order valence-corrected chi connectivity index (χ0v) is 14.4. The second kappa shape index (κ2) is 6.78. The van der Waals surface area contributed by atoms with Gasteiger partial charge < -0.3 is 5.11 Å². The van der Waals surface area contributed by atoms with Crippen molar-refractivity contribution in [2.45, 2.75) is 38.1 Å². The van der Waals surface area contributed by atoms with Gasteiger partial charge >= 0.3 is 0 Å². The molecule has 0 amide bonds. The van der Waals surface area contributed by atoms with Crippen LogP contribution in [0.15, 0.2) is 54.6 Å². The molecule has 0 bridgehead atoms. The van der Waals surface area contributed by atoms with Crippen LogP contribution < -0.4 is 0 Å². The van der Waals surface area contributed by atoms with Gasteiger partial charge in [-0.3, -0.25) is 9.69 Å². The molecule has 0 spiro atoms. The summed E-state index contributed by atoms with van der Waals surface area (Å²) in [5.41, 5.74) is 1.99. The van der Waals surface area contributed by atoms with Crippen molar-refractivity contribution in [3.63, 3.8) is 0 Å². The third kappa shape index (κ3) is 3.22. The van der Waals surface area contributed by atoms with Crippen molar-refractivity contribution < 1.29 is 9.90 Å². The van der Waals surface area contributed by atoms with E-state index in [9.17, 15) is 9.90 Å². The summed E-state index contributed by atoms with van der Waals surface area (Å²) in [4.78, 5) is 14.9. The lowest BCUT2D eigenvalue weighted by molar-refractivity contribution is 0.0688. The molecule has 1 aliphatic rings. The van der Waals surface area contributed by atoms with Crippen LogP contribution in [-0.2, 0) is 5.41 Å². The predicted molar refractivity (Wildman–Crippen MR) is 96.5 cm³/mol. The van der Waals surface area contributed by atoms with E-state index in [1.807, 2.05) is 42.5 Å². The number of nitrogens with zero attached hydrogens (tertiary/aromatic N) is 1. The van der Waals surface area contributed by atoms with Crippen LogP contribution in [0.4, 0.5) is 0 Å². The Labute approximate surface area is 143 Å². The van der Waals surface area contributed by atoms with E-state index in [-0.39, 0.29) is 17.2 Å². The van der Waals surface area contributed by atoms with Crippen LogP contribution in [0.25, 0.3) is 0 Å². The molecule has 0 saturated carbocycles. The maximum absolute atomic E-state index is 12.6. The van der Waals surface area contributed by atoms with Crippen LogP contribution in [0.5, 0.6) is 5.75 Å². The highest BCUT2D eigenvalue weighted by molar-refractivity contribution is 5.97. The molecule has 2 aromatic rings. The Kier molecular flexibility index (Phi) is 4.72. The monoisotopic (exact) mass is 323 g/mol. The fourth-order valence-electron chi connectivity index (χ4n) is 3.80. The van der Waals surface area contributed by atoms with Gasteiger partial charge in [-0.25, -0.2) is 0 Å². The zero-order chi connectivity index (χ0) is 17.2. The number of aromatic hydroxyl groups is 1. The van der Waals surface area contributed by atoms with Gasteiger partial charge in [-0.05, 0) is 44.0 Å². The molecule has 0 aromatic heterocycles. The predicted octanol–water partition coefficient (Wildman–Crippen LogP) is 4.02. The molecule has 3 nitrogen and oxygen atoms in total. The van der Waals surface area contributed by atoms with Crippen LogP contribution in [0.2, 0.25) is 0 Å². The van der Waals surface area contributed by atoms with Crippen molar-refractivity contribution in [2.24, 2.45) is 0 Å². The van der Waals surface area contributed by atoms with E-state index in [1.165, 1.54) is 5.56 Å². The number of phenolic OH excluding ortho intramolecular Hbond substituents is 1. The highest BCUT2D eigenvalue weighted by Crippen LogP contribution is 2.39. The molecule has 24 heavy (non-hydrogen) atoms. The Morgan fingerprint density at radius 3 is 2.50 bits per heavy atom. The summed E-state index contributed by atoms with van der Waals surface area (Å²) in [6.45, 7) is 5.89. The number of rotatable bonds is 4. The van der Waals surface area contributed by atoms with Gasteiger partial charge in [0, 0.05) is 17.0 Å². The molecule has 1 heterocycles. The zero-order valence-electron chi connectivity index (χ0n) is 14.4. The van der Waals surface area contributed by atoms with Gasteiger partial charge in [0.1, 0.15) is 5.75 Å². The second-order valence-corrected chi connectivity index (χ2v) is 7.00. The van der Waals surface area contributed by atoms with E-state index in [0.717, 1.165) is 24.9 Å². The quantitative estimate of drug-likeness (QED) is 0.864. The molecule has 1 aliphatic heterocycles. The smallest absolute Gasteiger partial charge is 0.176 e. The molecule has 2 unspecified atom stereocenters. The van der Waals surface area contributed by atoms with Gasteiger partial charge in [0.2, 0.25) is 0 Å². The van der Waals surface area contributed by atoms with Gasteiger partial charge in [0.25, 0.3) is 0 Å². The maximum atomic E-state index is 12.6. The minimum Gasteiger partial charge on any atom is -0.508 e. The van der Waals surface area contributed by atoms with Crippen molar-refractivity contribution in [3.05, 3.63) is 65.7 Å². The van der Waals surface area contributed by atoms with E-state index >= 15 is 0 Å². The Balaban J connectivity index is 1.78. The molecular weight excluding hydrogens is 298 g/mol. The van der Waals surface area contributed by atoms with Gasteiger partial charge in [0.15, 0.2) is 5.78 Å². The van der Waals surface area contributed by atoms with Crippen LogP contribution >= 0.6 is 0 Å². The SMILES string of the molecule is CC1N(CC(=O)c2ccccc2)CCCC1(C)c1ccc(O)cc1. The molecule has 2 aromatic carbocycles. The van der Waals surface area contributed by atoms with Crippen molar-refractivity contribution in [1.82, 2.24) is 4.90 Å². The molecular formula is C21H25NO2. The third-order valence-electron chi connectivity index (χ3n) is 5.58. The van der Waals surface area contributed by atoms with E-state index in [0.29, 0.717) is 12.3 Å². The minimum atomic E-state index is -0.0110. The Hall–Kier alpha value is -2.13. The highest BCUT2D eigenvalue weighted by Gasteiger charge is 2.40. The van der Waals surface area contributed by atoms with Crippen molar-refractivity contribution in [3.8, 4) is 5.75 Å². The van der Waals surface area contributed by atoms with E-state index in [1.54, 1.807) is 12.1 Å². The van der Waals surface area contributed by atoms with Gasteiger partial charge in [-0.1, -0.05) is 49.4 Å². The average Bonchev–Trinajstić information content (AvgIpc) is 2.60. The normalized spacial score (nSPS) is 24.7. The molecule has 126 valence electrons. The molecule has 1 saturated heterocycles. The first-order valence-corrected chi connectivity index (χ1v) is 8.62. The number of hydrogen-bond acceptors (Lipinski definition) is 3. The fraction of sp³-hybridized carbons (Fsp3) is 0.381. The second-order valence-electron chi connectivity index (χ2n) is 7.00. The molecule has 0 radical (unpaired) electrons. The lowest BCUT2D eigenvalue weighted by atomic mass is 9.70. The largest absolute Gasteiger partial charge is 0.508 e. The first-order chi connectivity index (χ1) is 11.5. The van der Waals surface area contributed by atoms with Crippen LogP contribution in [0.1, 0.15) is 42.6 Å². The Bertz CT molecular complexity index is 696. The fourth-order valence-corrected chi connectivity index (χ4v) is 3.80. The summed E-state index contributed by atoms with van der Waals surface area (Å²) in [5, 5.41) is 9.55. The number of carbonyl (C=O) groups is 1. The molecule has 2 atom stereocenters. The lowest BCUT2D eigenvalue weighted by Crippen LogP contribution is -2.53. The van der Waals surface area contributed by atoms with Gasteiger partial charge in [-0.2, -0.15) is 0 Å². The number of likely N-dealkylation sites (tertiary alicyclic amines) is 1. The number of hydrogen-bond donors (Lipinski definition) is 1. The number of Topliss-reactive ketones (excluding diaryl/α,β-unsaturated/α-hetero) is 1. The van der Waals surface area contributed by atoms with Crippen LogP contribution in [0.3, 0.4) is 0 Å². The Morgan fingerprint density at radius 2 is 1.83 bits per heavy atom. The summed E-state index contributed by atoms with van der Waals surface area (Å²) >= 11 is 0. The summed E-state index contributed by atoms with van der Waals surface area (Å²) in [7, 11) is 0. The first-order valence-electron chi connectivity index (χ1n) is 8.62. The summed E-state index contributed by atoms with van der Waals surface area (Å²) in [6.07, 6.45) is 2.17. The number of ketones is 1. The van der Waals surface area contributed by atoms with E-state index in [4.69, 9.17) is 0 Å². The van der Waals surface area contributed by atoms with Crippen molar-refractivity contribution in [1.29, 1.82) is 0 Å². The highest BCUT2D eigenvalue weighted by atomic mass is 16.3. The maximum Gasteiger partial charge on any atom is 0.176 e. The average molecular weight is 323 g/mol. The molecule has 1 N–H and O–H groups in total. The third-order valence-corrected chi connectivity index (χ3v) is 5.58. The molecule has 1 fully saturated rings. The number of phenols is 1. The standard InChI is InChI=1S/C21H25NO2/c1-16-21(2,18-9-11-19(23)12-10-18)13-6-14-22(16)15-20(24)17-7-4-3-5-8-17/h3-5,7-12,16,23H,6,13-15H2,1-2H3.